The SMILES string of the molecule is COc1ccccc1C1CN(CCCO)C(=O)N1. The fraction of sp³-hybridized carbons (Fsp3) is 0.462. The average molecular weight is 250 g/mol. The summed E-state index contributed by atoms with van der Waals surface area (Å²) in [6.07, 6.45) is 0.603. The van der Waals surface area contributed by atoms with E-state index < -0.39 is 0 Å². The van der Waals surface area contributed by atoms with Gasteiger partial charge in [0.05, 0.1) is 13.2 Å². The fourth-order valence-corrected chi connectivity index (χ4v) is 2.17. The Morgan fingerprint density at radius 3 is 3.00 bits per heavy atom. The van der Waals surface area contributed by atoms with E-state index in [1.54, 1.807) is 12.0 Å². The number of aliphatic hydroxyl groups excluding tert-OH is 1. The molecule has 2 N–H and O–H groups in total. The van der Waals surface area contributed by atoms with Gasteiger partial charge in [-0.15, -0.1) is 0 Å². The number of nitrogens with zero attached hydrogens (tertiary/aromatic N) is 1. The summed E-state index contributed by atoms with van der Waals surface area (Å²) in [7, 11) is 1.62. The molecule has 2 rings (SSSR count). The maximum absolute atomic E-state index is 11.8. The first kappa shape index (κ1) is 12.7. The van der Waals surface area contributed by atoms with Crippen molar-refractivity contribution in [2.24, 2.45) is 0 Å². The van der Waals surface area contributed by atoms with Gasteiger partial charge in [0, 0.05) is 25.3 Å². The molecule has 0 spiro atoms. The van der Waals surface area contributed by atoms with Gasteiger partial charge in [-0.1, -0.05) is 18.2 Å². The van der Waals surface area contributed by atoms with Crippen molar-refractivity contribution < 1.29 is 14.6 Å². The van der Waals surface area contributed by atoms with Crippen molar-refractivity contribution in [3.63, 3.8) is 0 Å². The molecule has 5 nitrogen and oxygen atoms in total. The topological polar surface area (TPSA) is 61.8 Å². The van der Waals surface area contributed by atoms with E-state index in [0.717, 1.165) is 11.3 Å². The molecule has 0 aliphatic carbocycles. The minimum absolute atomic E-state index is 0.0488. The standard InChI is InChI=1S/C13H18N2O3/c1-18-12-6-3-2-5-10(12)11-9-15(7-4-8-16)13(17)14-11/h2-3,5-6,11,16H,4,7-9H2,1H3,(H,14,17). The minimum atomic E-state index is -0.0839. The first-order valence-corrected chi connectivity index (χ1v) is 6.05. The molecule has 0 aromatic heterocycles. The summed E-state index contributed by atoms with van der Waals surface area (Å²) in [6.45, 7) is 1.29. The molecule has 1 saturated heterocycles. The highest BCUT2D eigenvalue weighted by molar-refractivity contribution is 5.77. The molecule has 1 fully saturated rings. The second-order valence-electron chi connectivity index (χ2n) is 4.27. The van der Waals surface area contributed by atoms with Crippen LogP contribution in [0.15, 0.2) is 24.3 Å². The highest BCUT2D eigenvalue weighted by Gasteiger charge is 2.30. The normalized spacial score (nSPS) is 18.9. The van der Waals surface area contributed by atoms with E-state index >= 15 is 0 Å². The van der Waals surface area contributed by atoms with Crippen LogP contribution in [0.4, 0.5) is 4.79 Å². The van der Waals surface area contributed by atoms with E-state index in [-0.39, 0.29) is 18.7 Å². The van der Waals surface area contributed by atoms with Crippen molar-refractivity contribution in [3.05, 3.63) is 29.8 Å². The Balaban J connectivity index is 2.09. The number of carbonyl (C=O) groups excluding carboxylic acids is 1. The van der Waals surface area contributed by atoms with Crippen molar-refractivity contribution >= 4 is 6.03 Å². The fourth-order valence-electron chi connectivity index (χ4n) is 2.17. The lowest BCUT2D eigenvalue weighted by Gasteiger charge is -2.15. The van der Waals surface area contributed by atoms with Crippen molar-refractivity contribution in [1.82, 2.24) is 10.2 Å². The average Bonchev–Trinajstić information content (AvgIpc) is 2.77. The predicted molar refractivity (Wildman–Crippen MR) is 67.5 cm³/mol. The molecule has 0 radical (unpaired) electrons. The zero-order valence-corrected chi connectivity index (χ0v) is 10.4. The summed E-state index contributed by atoms with van der Waals surface area (Å²) in [5, 5.41) is 11.7. The number of aliphatic hydroxyl groups is 1. The molecule has 1 unspecified atom stereocenters. The van der Waals surface area contributed by atoms with E-state index in [1.807, 2.05) is 24.3 Å². The lowest BCUT2D eigenvalue weighted by Crippen LogP contribution is -2.29. The van der Waals surface area contributed by atoms with Crippen LogP contribution in [0.1, 0.15) is 18.0 Å². The number of benzene rings is 1. The summed E-state index contributed by atoms with van der Waals surface area (Å²) in [6, 6.07) is 7.55. The van der Waals surface area contributed by atoms with Gasteiger partial charge < -0.3 is 20.1 Å². The number of para-hydroxylation sites is 1. The van der Waals surface area contributed by atoms with Crippen molar-refractivity contribution in [2.75, 3.05) is 26.8 Å². The number of methoxy groups -OCH3 is 1. The third-order valence-electron chi connectivity index (χ3n) is 3.09. The minimum Gasteiger partial charge on any atom is -0.496 e. The Bertz CT molecular complexity index is 422. The van der Waals surface area contributed by atoms with Gasteiger partial charge in [-0.05, 0) is 12.5 Å². The van der Waals surface area contributed by atoms with Gasteiger partial charge in [0.25, 0.3) is 0 Å². The van der Waals surface area contributed by atoms with Gasteiger partial charge in [0.1, 0.15) is 5.75 Å². The number of hydrogen-bond acceptors (Lipinski definition) is 3. The Kier molecular flexibility index (Phi) is 4.04. The van der Waals surface area contributed by atoms with Crippen molar-refractivity contribution in [1.29, 1.82) is 0 Å². The van der Waals surface area contributed by atoms with Crippen molar-refractivity contribution in [3.8, 4) is 5.75 Å². The van der Waals surface area contributed by atoms with Crippen LogP contribution in [0.2, 0.25) is 0 Å². The lowest BCUT2D eigenvalue weighted by atomic mass is 10.1. The van der Waals surface area contributed by atoms with Crippen LogP contribution in [0.3, 0.4) is 0 Å². The summed E-state index contributed by atoms with van der Waals surface area (Å²) in [5.41, 5.74) is 0.986. The first-order chi connectivity index (χ1) is 8.76. The smallest absolute Gasteiger partial charge is 0.318 e. The van der Waals surface area contributed by atoms with Crippen LogP contribution in [0.25, 0.3) is 0 Å². The molecular formula is C13H18N2O3. The molecule has 1 atom stereocenters. The highest BCUT2D eigenvalue weighted by Crippen LogP contribution is 2.28. The van der Waals surface area contributed by atoms with Crippen LogP contribution in [0, 0.1) is 0 Å². The third kappa shape index (κ3) is 2.56. The zero-order valence-electron chi connectivity index (χ0n) is 10.4. The van der Waals surface area contributed by atoms with Crippen LogP contribution in [0.5, 0.6) is 5.75 Å². The van der Waals surface area contributed by atoms with Crippen LogP contribution in [-0.2, 0) is 0 Å². The second kappa shape index (κ2) is 5.73. The Morgan fingerprint density at radius 2 is 2.28 bits per heavy atom. The number of nitrogens with one attached hydrogen (secondary N) is 1. The molecule has 18 heavy (non-hydrogen) atoms. The lowest BCUT2D eigenvalue weighted by molar-refractivity contribution is 0.209. The van der Waals surface area contributed by atoms with Gasteiger partial charge in [0.15, 0.2) is 0 Å². The molecule has 1 heterocycles. The zero-order chi connectivity index (χ0) is 13.0. The number of hydrogen-bond donors (Lipinski definition) is 2. The van der Waals surface area contributed by atoms with Gasteiger partial charge in [-0.25, -0.2) is 4.79 Å². The Hall–Kier alpha value is -1.75. The Labute approximate surface area is 106 Å². The van der Waals surface area contributed by atoms with Crippen LogP contribution >= 0.6 is 0 Å². The number of carbonyl (C=O) groups is 1. The number of rotatable bonds is 5. The predicted octanol–water partition coefficient (Wildman–Crippen LogP) is 1.14. The summed E-state index contributed by atoms with van der Waals surface area (Å²) in [4.78, 5) is 13.5. The van der Waals surface area contributed by atoms with Crippen molar-refractivity contribution in [2.45, 2.75) is 12.5 Å². The molecule has 5 heteroatoms. The van der Waals surface area contributed by atoms with E-state index in [0.29, 0.717) is 19.5 Å². The number of amides is 2. The molecule has 1 aliphatic heterocycles. The summed E-state index contributed by atoms with van der Waals surface area (Å²) >= 11 is 0. The van der Waals surface area contributed by atoms with Crippen LogP contribution < -0.4 is 10.1 Å². The Morgan fingerprint density at radius 1 is 1.50 bits per heavy atom. The van der Waals surface area contributed by atoms with Crippen LogP contribution in [-0.4, -0.2) is 42.8 Å². The first-order valence-electron chi connectivity index (χ1n) is 6.05. The monoisotopic (exact) mass is 250 g/mol. The molecule has 98 valence electrons. The summed E-state index contributed by atoms with van der Waals surface area (Å²) in [5.74, 6) is 0.784. The largest absolute Gasteiger partial charge is 0.496 e. The molecule has 2 amide bonds. The van der Waals surface area contributed by atoms with Gasteiger partial charge in [-0.3, -0.25) is 0 Å². The van der Waals surface area contributed by atoms with E-state index in [2.05, 4.69) is 5.32 Å². The maximum atomic E-state index is 11.8. The molecule has 1 aromatic carbocycles. The quantitative estimate of drug-likeness (QED) is 0.824. The van der Waals surface area contributed by atoms with Gasteiger partial charge >= 0.3 is 6.03 Å². The maximum Gasteiger partial charge on any atom is 0.318 e. The van der Waals surface area contributed by atoms with Gasteiger partial charge in [-0.2, -0.15) is 0 Å². The number of urea groups is 1. The van der Waals surface area contributed by atoms with E-state index in [1.165, 1.54) is 0 Å². The molecule has 1 aromatic rings. The third-order valence-corrected chi connectivity index (χ3v) is 3.09. The number of ether oxygens (including phenoxy) is 1. The van der Waals surface area contributed by atoms with E-state index in [4.69, 9.17) is 9.84 Å². The molecular weight excluding hydrogens is 232 g/mol. The molecule has 0 bridgehead atoms. The van der Waals surface area contributed by atoms with Gasteiger partial charge in [0.2, 0.25) is 0 Å². The molecule has 1 aliphatic rings. The second-order valence-corrected chi connectivity index (χ2v) is 4.27. The highest BCUT2D eigenvalue weighted by atomic mass is 16.5. The summed E-state index contributed by atoms with van der Waals surface area (Å²) < 4.78 is 5.30. The molecule has 0 saturated carbocycles. The van der Waals surface area contributed by atoms with E-state index in [9.17, 15) is 4.79 Å².